The second kappa shape index (κ2) is 10.4. The molecular formula is C29H35N5OS. The number of hydrogen-bond acceptors (Lipinski definition) is 3. The van der Waals surface area contributed by atoms with Crippen molar-refractivity contribution in [3.63, 3.8) is 0 Å². The van der Waals surface area contributed by atoms with E-state index in [0.29, 0.717) is 24.1 Å². The van der Waals surface area contributed by atoms with Crippen molar-refractivity contribution in [2.24, 2.45) is 0 Å². The van der Waals surface area contributed by atoms with Crippen LogP contribution in [0.4, 0.5) is 5.69 Å². The maximum atomic E-state index is 12.9. The number of pyridine rings is 1. The van der Waals surface area contributed by atoms with Gasteiger partial charge in [-0.3, -0.25) is 9.78 Å². The van der Waals surface area contributed by atoms with Crippen LogP contribution in [0, 0.1) is 20.8 Å². The molecule has 2 N–H and O–H groups in total. The Balaban J connectivity index is 1.42. The number of amides is 1. The van der Waals surface area contributed by atoms with Gasteiger partial charge >= 0.3 is 0 Å². The molecule has 0 unspecified atom stereocenters. The van der Waals surface area contributed by atoms with E-state index in [1.165, 1.54) is 42.6 Å². The largest absolute Gasteiger partial charge is 0.352 e. The molecule has 188 valence electrons. The summed E-state index contributed by atoms with van der Waals surface area (Å²) in [7, 11) is 0. The summed E-state index contributed by atoms with van der Waals surface area (Å²) in [5.41, 5.74) is 6.76. The van der Waals surface area contributed by atoms with Crippen LogP contribution in [0.25, 0.3) is 0 Å². The van der Waals surface area contributed by atoms with Crippen molar-refractivity contribution in [2.75, 3.05) is 11.9 Å². The Labute approximate surface area is 219 Å². The number of rotatable bonds is 7. The topological polar surface area (TPSA) is 62.2 Å². The van der Waals surface area contributed by atoms with E-state index in [1.54, 1.807) is 0 Å². The number of aryl methyl sites for hydroxylation is 2. The SMILES string of the molecule is Cc1cccc(NC(=O)CCN2C(=S)N[C@@H](c3ccccn3)[C@H]2c2cc(C)n(C3CCCC3)c2C)c1. The minimum atomic E-state index is -0.0731. The highest BCUT2D eigenvalue weighted by molar-refractivity contribution is 7.80. The summed E-state index contributed by atoms with van der Waals surface area (Å²) in [5, 5.41) is 7.24. The van der Waals surface area contributed by atoms with Gasteiger partial charge in [0.25, 0.3) is 0 Å². The zero-order valence-electron chi connectivity index (χ0n) is 21.3. The number of carbonyl (C=O) groups is 1. The van der Waals surface area contributed by atoms with E-state index in [2.05, 4.69) is 51.1 Å². The van der Waals surface area contributed by atoms with E-state index in [4.69, 9.17) is 12.2 Å². The van der Waals surface area contributed by atoms with E-state index in [0.717, 1.165) is 16.9 Å². The molecule has 0 radical (unpaired) electrons. The monoisotopic (exact) mass is 501 g/mol. The smallest absolute Gasteiger partial charge is 0.226 e. The summed E-state index contributed by atoms with van der Waals surface area (Å²) in [4.78, 5) is 19.7. The Hall–Kier alpha value is -3.19. The minimum Gasteiger partial charge on any atom is -0.352 e. The molecule has 0 spiro atoms. The molecule has 2 aliphatic rings. The standard InChI is InChI=1S/C29H35N5OS/c1-19-9-8-10-22(17-19)31-26(35)14-16-33-28(27(32-29(33)36)25-13-6-7-15-30-25)24-18-20(2)34(21(24)3)23-11-4-5-12-23/h6-10,13,15,17-18,23,27-28H,4-5,11-12,14,16H2,1-3H3,(H,31,35)(H,32,36)/t27-,28+/m0/s1. The molecule has 7 heteroatoms. The highest BCUT2D eigenvalue weighted by Gasteiger charge is 2.41. The third-order valence-corrected chi connectivity index (χ3v) is 7.96. The molecule has 0 bridgehead atoms. The maximum Gasteiger partial charge on any atom is 0.226 e. The van der Waals surface area contributed by atoms with Gasteiger partial charge in [0.15, 0.2) is 5.11 Å². The molecule has 1 saturated carbocycles. The Bertz CT molecular complexity index is 1250. The Morgan fingerprint density at radius 3 is 2.64 bits per heavy atom. The van der Waals surface area contributed by atoms with Gasteiger partial charge in [-0.15, -0.1) is 0 Å². The van der Waals surface area contributed by atoms with E-state index in [-0.39, 0.29) is 18.0 Å². The molecule has 1 aromatic carbocycles. The van der Waals surface area contributed by atoms with Crippen molar-refractivity contribution in [3.05, 3.63) is 82.9 Å². The number of anilines is 1. The lowest BCUT2D eigenvalue weighted by Crippen LogP contribution is -2.33. The van der Waals surface area contributed by atoms with Crippen LogP contribution in [-0.4, -0.2) is 32.0 Å². The van der Waals surface area contributed by atoms with Gasteiger partial charge < -0.3 is 20.1 Å². The lowest BCUT2D eigenvalue weighted by Gasteiger charge is -2.28. The molecular weight excluding hydrogens is 466 g/mol. The first-order valence-corrected chi connectivity index (χ1v) is 13.4. The molecule has 1 aliphatic heterocycles. The Morgan fingerprint density at radius 1 is 1.11 bits per heavy atom. The maximum absolute atomic E-state index is 12.9. The highest BCUT2D eigenvalue weighted by Crippen LogP contribution is 2.43. The lowest BCUT2D eigenvalue weighted by molar-refractivity contribution is -0.116. The van der Waals surface area contributed by atoms with E-state index in [1.807, 2.05) is 49.5 Å². The van der Waals surface area contributed by atoms with Crippen molar-refractivity contribution in [3.8, 4) is 0 Å². The van der Waals surface area contributed by atoms with Gasteiger partial charge in [-0.05, 0) is 87.3 Å². The van der Waals surface area contributed by atoms with Crippen LogP contribution in [0.3, 0.4) is 0 Å². The molecule has 36 heavy (non-hydrogen) atoms. The number of nitrogens with one attached hydrogen (secondary N) is 2. The van der Waals surface area contributed by atoms with Crippen LogP contribution in [-0.2, 0) is 4.79 Å². The molecule has 2 aromatic heterocycles. The van der Waals surface area contributed by atoms with Crippen molar-refractivity contribution in [1.29, 1.82) is 0 Å². The number of carbonyl (C=O) groups excluding carboxylic acids is 1. The van der Waals surface area contributed by atoms with Gasteiger partial charge in [-0.2, -0.15) is 0 Å². The summed E-state index contributed by atoms with van der Waals surface area (Å²) in [6.07, 6.45) is 7.25. The van der Waals surface area contributed by atoms with Crippen LogP contribution < -0.4 is 10.6 Å². The summed E-state index contributed by atoms with van der Waals surface area (Å²) >= 11 is 5.83. The van der Waals surface area contributed by atoms with Gasteiger partial charge in [-0.25, -0.2) is 0 Å². The zero-order valence-corrected chi connectivity index (χ0v) is 22.1. The van der Waals surface area contributed by atoms with E-state index in [9.17, 15) is 4.79 Å². The molecule has 1 amide bonds. The Kier molecular flexibility index (Phi) is 7.10. The average molecular weight is 502 g/mol. The quantitative estimate of drug-likeness (QED) is 0.393. The van der Waals surface area contributed by atoms with Gasteiger partial charge in [0.05, 0.1) is 17.8 Å². The average Bonchev–Trinajstić information content (AvgIpc) is 3.56. The van der Waals surface area contributed by atoms with E-state index < -0.39 is 0 Å². The molecule has 1 aliphatic carbocycles. The van der Waals surface area contributed by atoms with Crippen LogP contribution >= 0.6 is 12.2 Å². The van der Waals surface area contributed by atoms with Crippen LogP contribution in [0.2, 0.25) is 0 Å². The van der Waals surface area contributed by atoms with Gasteiger partial charge in [0, 0.05) is 42.3 Å². The van der Waals surface area contributed by atoms with Crippen molar-refractivity contribution >= 4 is 28.9 Å². The van der Waals surface area contributed by atoms with Crippen LogP contribution in [0.1, 0.15) is 78.4 Å². The van der Waals surface area contributed by atoms with Crippen molar-refractivity contribution in [2.45, 2.75) is 71.0 Å². The van der Waals surface area contributed by atoms with Crippen LogP contribution in [0.5, 0.6) is 0 Å². The first-order chi connectivity index (χ1) is 17.4. The molecule has 2 fully saturated rings. The predicted octanol–water partition coefficient (Wildman–Crippen LogP) is 5.92. The second-order valence-corrected chi connectivity index (χ2v) is 10.5. The third-order valence-electron chi connectivity index (χ3n) is 7.61. The van der Waals surface area contributed by atoms with Gasteiger partial charge in [0.2, 0.25) is 5.91 Å². The molecule has 3 aromatic rings. The molecule has 6 nitrogen and oxygen atoms in total. The summed E-state index contributed by atoms with van der Waals surface area (Å²) in [6, 6.07) is 16.7. The normalized spacial score (nSPS) is 20.1. The fourth-order valence-electron chi connectivity index (χ4n) is 5.98. The van der Waals surface area contributed by atoms with Crippen molar-refractivity contribution in [1.82, 2.24) is 19.8 Å². The fourth-order valence-corrected chi connectivity index (χ4v) is 6.31. The first kappa shape index (κ1) is 24.5. The van der Waals surface area contributed by atoms with E-state index >= 15 is 0 Å². The number of thiocarbonyl (C=S) groups is 1. The van der Waals surface area contributed by atoms with Gasteiger partial charge in [0.1, 0.15) is 0 Å². The fraction of sp³-hybridized carbons (Fsp3) is 0.414. The van der Waals surface area contributed by atoms with Crippen LogP contribution in [0.15, 0.2) is 54.7 Å². The summed E-state index contributed by atoms with van der Waals surface area (Å²) in [6.45, 7) is 7.00. The molecule has 1 saturated heterocycles. The number of nitrogens with zero attached hydrogens (tertiary/aromatic N) is 3. The zero-order chi connectivity index (χ0) is 25.2. The number of hydrogen-bond donors (Lipinski definition) is 2. The number of aromatic nitrogens is 2. The lowest BCUT2D eigenvalue weighted by atomic mass is 9.96. The first-order valence-electron chi connectivity index (χ1n) is 13.0. The summed E-state index contributed by atoms with van der Waals surface area (Å²) in [5.74, 6) is -0.0140. The Morgan fingerprint density at radius 2 is 1.92 bits per heavy atom. The number of benzene rings is 1. The molecule has 5 rings (SSSR count). The third kappa shape index (κ3) is 4.89. The van der Waals surface area contributed by atoms with Crippen molar-refractivity contribution < 1.29 is 4.79 Å². The summed E-state index contributed by atoms with van der Waals surface area (Å²) < 4.78 is 2.53. The molecule has 2 atom stereocenters. The predicted molar refractivity (Wildman–Crippen MR) is 148 cm³/mol. The highest BCUT2D eigenvalue weighted by atomic mass is 32.1. The second-order valence-electron chi connectivity index (χ2n) is 10.1. The minimum absolute atomic E-state index is 0.0140. The van der Waals surface area contributed by atoms with Gasteiger partial charge in [-0.1, -0.05) is 31.0 Å². The molecule has 3 heterocycles.